The minimum atomic E-state index is 0.463. The smallest absolute Gasteiger partial charge is 0.180 e. The van der Waals surface area contributed by atoms with E-state index in [0.717, 1.165) is 41.5 Å². The summed E-state index contributed by atoms with van der Waals surface area (Å²) in [4.78, 5) is 13.7. The molecule has 1 N–H and O–H groups in total. The summed E-state index contributed by atoms with van der Waals surface area (Å²) in [6.07, 6.45) is 13.9. The number of rotatable bonds is 4. The number of hydrogen-bond acceptors (Lipinski definition) is 5. The van der Waals surface area contributed by atoms with Gasteiger partial charge in [-0.1, -0.05) is 0 Å². The highest BCUT2D eigenvalue weighted by atomic mass is 15.1. The Morgan fingerprint density at radius 1 is 1.07 bits per heavy atom. The van der Waals surface area contributed by atoms with E-state index in [9.17, 15) is 5.26 Å². The molecule has 0 saturated heterocycles. The van der Waals surface area contributed by atoms with E-state index in [1.807, 2.05) is 16.5 Å². The van der Waals surface area contributed by atoms with E-state index < -0.39 is 0 Å². The van der Waals surface area contributed by atoms with Crippen molar-refractivity contribution < 1.29 is 0 Å². The van der Waals surface area contributed by atoms with E-state index in [4.69, 9.17) is 4.98 Å². The molecule has 0 radical (unpaired) electrons. The lowest BCUT2D eigenvalue weighted by Gasteiger charge is -2.57. The molecule has 4 bridgehead atoms. The normalized spacial score (nSPS) is 29.8. The third-order valence-corrected chi connectivity index (χ3v) is 7.33. The molecule has 4 saturated carbocycles. The van der Waals surface area contributed by atoms with Gasteiger partial charge in [0, 0.05) is 18.9 Å². The van der Waals surface area contributed by atoms with E-state index in [2.05, 4.69) is 21.4 Å². The van der Waals surface area contributed by atoms with Crippen LogP contribution < -0.4 is 5.32 Å². The van der Waals surface area contributed by atoms with Crippen LogP contribution in [0.1, 0.15) is 44.1 Å². The molecule has 0 aromatic carbocycles. The quantitative estimate of drug-likeness (QED) is 0.726. The molecule has 6 nitrogen and oxygen atoms in total. The first-order chi connectivity index (χ1) is 14.2. The third kappa shape index (κ3) is 2.88. The second kappa shape index (κ2) is 6.28. The Labute approximate surface area is 170 Å². The van der Waals surface area contributed by atoms with Gasteiger partial charge in [-0.15, -0.1) is 0 Å². The van der Waals surface area contributed by atoms with Gasteiger partial charge in [0.15, 0.2) is 5.82 Å². The second-order valence-corrected chi connectivity index (χ2v) is 9.44. The summed E-state index contributed by atoms with van der Waals surface area (Å²) in [5.41, 5.74) is 2.64. The van der Waals surface area contributed by atoms with Crippen LogP contribution in [0.2, 0.25) is 0 Å². The average Bonchev–Trinajstić information content (AvgIpc) is 3.15. The highest BCUT2D eigenvalue weighted by molar-refractivity contribution is 5.59. The van der Waals surface area contributed by atoms with Crippen molar-refractivity contribution in [3.8, 4) is 17.6 Å². The largest absolute Gasteiger partial charge is 0.369 e. The van der Waals surface area contributed by atoms with Crippen LogP contribution >= 0.6 is 0 Å². The zero-order valence-corrected chi connectivity index (χ0v) is 16.4. The van der Waals surface area contributed by atoms with Crippen molar-refractivity contribution in [3.05, 3.63) is 42.4 Å². The van der Waals surface area contributed by atoms with Crippen LogP contribution in [0.25, 0.3) is 17.2 Å². The number of anilines is 1. The Bertz CT molecular complexity index is 1090. The molecule has 0 atom stereocenters. The number of fused-ring (bicyclic) bond motifs is 1. The number of imidazole rings is 1. The van der Waals surface area contributed by atoms with Gasteiger partial charge in [0.05, 0.1) is 11.8 Å². The summed E-state index contributed by atoms with van der Waals surface area (Å²) >= 11 is 0. The summed E-state index contributed by atoms with van der Waals surface area (Å²) in [5, 5.41) is 12.8. The molecule has 3 aromatic rings. The van der Waals surface area contributed by atoms with Crippen molar-refractivity contribution in [1.82, 2.24) is 19.4 Å². The Hall–Kier alpha value is -2.94. The maximum atomic E-state index is 9.20. The molecule has 4 fully saturated rings. The Morgan fingerprint density at radius 3 is 2.55 bits per heavy atom. The van der Waals surface area contributed by atoms with Crippen molar-refractivity contribution >= 4 is 11.5 Å². The number of pyridine rings is 1. The zero-order chi connectivity index (χ0) is 19.4. The van der Waals surface area contributed by atoms with Gasteiger partial charge >= 0.3 is 0 Å². The van der Waals surface area contributed by atoms with Gasteiger partial charge in [0.2, 0.25) is 0 Å². The number of aromatic nitrogens is 4. The van der Waals surface area contributed by atoms with Gasteiger partial charge in [-0.25, -0.2) is 15.0 Å². The molecule has 0 spiro atoms. The van der Waals surface area contributed by atoms with Crippen molar-refractivity contribution in [2.75, 3.05) is 11.9 Å². The molecule has 6 heteroatoms. The lowest BCUT2D eigenvalue weighted by molar-refractivity contribution is -0.0444. The average molecular weight is 384 g/mol. The Morgan fingerprint density at radius 2 is 1.83 bits per heavy atom. The lowest BCUT2D eigenvalue weighted by atomic mass is 9.49. The molecule has 4 aliphatic rings. The first kappa shape index (κ1) is 17.0. The lowest BCUT2D eigenvalue weighted by Crippen LogP contribution is -2.49. The van der Waals surface area contributed by atoms with Crippen LogP contribution in [0.5, 0.6) is 0 Å². The Kier molecular flexibility index (Phi) is 3.67. The highest BCUT2D eigenvalue weighted by Gasteiger charge is 2.50. The molecule has 0 unspecified atom stereocenters. The number of hydrogen-bond donors (Lipinski definition) is 1. The SMILES string of the molecule is N#Cc1ccc2ncc(-c3nccc(NCC45CC6CC(CC(C6)C4)C5)n3)n2c1. The first-order valence-electron chi connectivity index (χ1n) is 10.6. The van der Waals surface area contributed by atoms with Crippen LogP contribution in [-0.2, 0) is 0 Å². The third-order valence-electron chi connectivity index (χ3n) is 7.33. The van der Waals surface area contributed by atoms with Crippen LogP contribution in [0.3, 0.4) is 0 Å². The van der Waals surface area contributed by atoms with Crippen molar-refractivity contribution in [1.29, 1.82) is 5.26 Å². The van der Waals surface area contributed by atoms with E-state index in [0.29, 0.717) is 16.8 Å². The molecular weight excluding hydrogens is 360 g/mol. The van der Waals surface area contributed by atoms with Gasteiger partial charge in [-0.3, -0.25) is 4.40 Å². The zero-order valence-electron chi connectivity index (χ0n) is 16.4. The number of nitrogens with one attached hydrogen (secondary N) is 1. The maximum Gasteiger partial charge on any atom is 0.180 e. The molecule has 0 aliphatic heterocycles. The summed E-state index contributed by atoms with van der Waals surface area (Å²) in [5.74, 6) is 4.37. The van der Waals surface area contributed by atoms with Crippen molar-refractivity contribution in [2.24, 2.45) is 23.2 Å². The van der Waals surface area contributed by atoms with E-state index in [1.165, 1.54) is 38.5 Å². The van der Waals surface area contributed by atoms with E-state index in [1.54, 1.807) is 24.7 Å². The predicted molar refractivity (Wildman–Crippen MR) is 110 cm³/mol. The molecular formula is C23H24N6. The molecule has 146 valence electrons. The van der Waals surface area contributed by atoms with Crippen LogP contribution in [0, 0.1) is 34.5 Å². The predicted octanol–water partition coefficient (Wildman–Crippen LogP) is 4.29. The molecule has 3 aromatic heterocycles. The minimum absolute atomic E-state index is 0.463. The fourth-order valence-electron chi connectivity index (χ4n) is 6.58. The van der Waals surface area contributed by atoms with Gasteiger partial charge in [0.25, 0.3) is 0 Å². The molecule has 4 aliphatic carbocycles. The summed E-state index contributed by atoms with van der Waals surface area (Å²) in [6.45, 7) is 1.01. The standard InChI is InChI=1S/C23H24N6/c24-11-15-1-2-21-26-12-19(29(21)13-15)22-25-4-3-20(28-22)27-14-23-8-16-5-17(9-23)7-18(6-16)10-23/h1-4,12-13,16-18H,5-10,14H2,(H,25,27,28). The fourth-order valence-corrected chi connectivity index (χ4v) is 6.58. The van der Waals surface area contributed by atoms with Gasteiger partial charge in [0.1, 0.15) is 23.2 Å². The van der Waals surface area contributed by atoms with Crippen LogP contribution in [-0.4, -0.2) is 25.9 Å². The monoisotopic (exact) mass is 384 g/mol. The molecule has 29 heavy (non-hydrogen) atoms. The van der Waals surface area contributed by atoms with Gasteiger partial charge < -0.3 is 5.32 Å². The topological polar surface area (TPSA) is 78.9 Å². The first-order valence-corrected chi connectivity index (χ1v) is 10.6. The Balaban J connectivity index is 1.26. The maximum absolute atomic E-state index is 9.20. The van der Waals surface area contributed by atoms with E-state index >= 15 is 0 Å². The molecule has 7 rings (SSSR count). The summed E-state index contributed by atoms with van der Waals surface area (Å²) < 4.78 is 1.89. The molecule has 0 amide bonds. The summed E-state index contributed by atoms with van der Waals surface area (Å²) in [7, 11) is 0. The second-order valence-electron chi connectivity index (χ2n) is 9.44. The van der Waals surface area contributed by atoms with Gasteiger partial charge in [-0.05, 0) is 79.9 Å². The number of nitriles is 1. The molecule has 3 heterocycles. The van der Waals surface area contributed by atoms with Crippen LogP contribution in [0.4, 0.5) is 5.82 Å². The minimum Gasteiger partial charge on any atom is -0.369 e. The van der Waals surface area contributed by atoms with Crippen molar-refractivity contribution in [2.45, 2.75) is 38.5 Å². The van der Waals surface area contributed by atoms with E-state index in [-0.39, 0.29) is 0 Å². The fraction of sp³-hybridized carbons (Fsp3) is 0.478. The van der Waals surface area contributed by atoms with Crippen molar-refractivity contribution in [3.63, 3.8) is 0 Å². The summed E-state index contributed by atoms with van der Waals surface area (Å²) in [6, 6.07) is 7.75. The highest BCUT2D eigenvalue weighted by Crippen LogP contribution is 2.59. The number of nitrogens with zero attached hydrogens (tertiary/aromatic N) is 5. The van der Waals surface area contributed by atoms with Crippen LogP contribution in [0.15, 0.2) is 36.8 Å². The van der Waals surface area contributed by atoms with Gasteiger partial charge in [-0.2, -0.15) is 5.26 Å².